The Bertz CT molecular complexity index is 261. The van der Waals surface area contributed by atoms with Crippen molar-refractivity contribution in [3.63, 3.8) is 0 Å². The summed E-state index contributed by atoms with van der Waals surface area (Å²) in [5, 5.41) is 9.41. The number of hydrogen-bond acceptors (Lipinski definition) is 1. The Morgan fingerprint density at radius 3 is 2.17 bits per heavy atom. The topological polar surface area (TPSA) is 20.2 Å². The van der Waals surface area contributed by atoms with Crippen molar-refractivity contribution in [1.29, 1.82) is 0 Å². The zero-order valence-electron chi connectivity index (χ0n) is 6.77. The summed E-state index contributed by atoms with van der Waals surface area (Å²) in [6, 6.07) is 3.90. The Morgan fingerprint density at radius 2 is 1.75 bits per heavy atom. The lowest BCUT2D eigenvalue weighted by Crippen LogP contribution is -1.84. The predicted molar refractivity (Wildman–Crippen MR) is 57.5 cm³/mol. The molecule has 1 N–H and O–H groups in total. The van der Waals surface area contributed by atoms with Gasteiger partial charge in [-0.25, -0.2) is 0 Å². The van der Waals surface area contributed by atoms with E-state index in [1.165, 1.54) is 5.56 Å². The van der Waals surface area contributed by atoms with Crippen molar-refractivity contribution in [2.24, 2.45) is 0 Å². The summed E-state index contributed by atoms with van der Waals surface area (Å²) in [5.41, 5.74) is 1.23. The second-order valence-corrected chi connectivity index (χ2v) is 4.37. The van der Waals surface area contributed by atoms with Crippen molar-refractivity contribution in [2.75, 3.05) is 0 Å². The minimum Gasteiger partial charge on any atom is -0.506 e. The molecule has 0 bridgehead atoms. The number of halogens is 2. The maximum atomic E-state index is 9.41. The lowest BCUT2D eigenvalue weighted by Gasteiger charge is -2.04. The van der Waals surface area contributed by atoms with Crippen LogP contribution in [0.4, 0.5) is 0 Å². The molecule has 0 aromatic heterocycles. The van der Waals surface area contributed by atoms with E-state index in [4.69, 9.17) is 0 Å². The van der Waals surface area contributed by atoms with E-state index < -0.39 is 0 Å². The van der Waals surface area contributed by atoms with E-state index >= 15 is 0 Å². The molecule has 0 aliphatic carbocycles. The van der Waals surface area contributed by atoms with E-state index in [0.29, 0.717) is 0 Å². The van der Waals surface area contributed by atoms with Gasteiger partial charge in [0.05, 0.1) is 8.95 Å². The first-order chi connectivity index (χ1) is 5.65. The molecular formula is C9H10Br2O. The van der Waals surface area contributed by atoms with Gasteiger partial charge in [0.25, 0.3) is 0 Å². The maximum absolute atomic E-state index is 9.41. The zero-order chi connectivity index (χ0) is 9.14. The Hall–Kier alpha value is -0.0200. The first kappa shape index (κ1) is 10.1. The van der Waals surface area contributed by atoms with E-state index in [9.17, 15) is 5.11 Å². The standard InChI is InChI=1S/C9H10Br2O/c1-2-3-6-4-7(10)9(12)8(11)5-6/h4-5,12H,2-3H2,1H3. The van der Waals surface area contributed by atoms with Crippen molar-refractivity contribution >= 4 is 31.9 Å². The summed E-state index contributed by atoms with van der Waals surface area (Å²) in [7, 11) is 0. The molecule has 12 heavy (non-hydrogen) atoms. The first-order valence-electron chi connectivity index (χ1n) is 3.82. The second-order valence-electron chi connectivity index (χ2n) is 2.66. The van der Waals surface area contributed by atoms with Gasteiger partial charge in [0.2, 0.25) is 0 Å². The third-order valence-corrected chi connectivity index (χ3v) is 2.82. The molecule has 0 radical (unpaired) electrons. The molecule has 66 valence electrons. The average Bonchev–Trinajstić information content (AvgIpc) is 2.01. The molecule has 0 unspecified atom stereocenters. The molecule has 0 spiro atoms. The lowest BCUT2D eigenvalue weighted by molar-refractivity contribution is 0.468. The molecule has 0 amide bonds. The van der Waals surface area contributed by atoms with Crippen LogP contribution in [0.3, 0.4) is 0 Å². The molecule has 0 heterocycles. The summed E-state index contributed by atoms with van der Waals surface area (Å²) in [6.07, 6.45) is 2.15. The molecule has 0 aliphatic heterocycles. The third-order valence-electron chi connectivity index (χ3n) is 1.62. The fraction of sp³-hybridized carbons (Fsp3) is 0.333. The van der Waals surface area contributed by atoms with E-state index in [2.05, 4.69) is 38.8 Å². The van der Waals surface area contributed by atoms with Crippen molar-refractivity contribution in [1.82, 2.24) is 0 Å². The normalized spacial score (nSPS) is 10.2. The summed E-state index contributed by atoms with van der Waals surface area (Å²) in [6.45, 7) is 2.13. The molecule has 0 atom stereocenters. The molecule has 0 fully saturated rings. The van der Waals surface area contributed by atoms with Gasteiger partial charge in [-0.2, -0.15) is 0 Å². The summed E-state index contributed by atoms with van der Waals surface area (Å²) in [4.78, 5) is 0. The van der Waals surface area contributed by atoms with Crippen LogP contribution in [0.1, 0.15) is 18.9 Å². The monoisotopic (exact) mass is 292 g/mol. The van der Waals surface area contributed by atoms with Crippen LogP contribution in [0.15, 0.2) is 21.1 Å². The number of aryl methyl sites for hydroxylation is 1. The number of rotatable bonds is 2. The molecule has 1 aromatic carbocycles. The molecule has 3 heteroatoms. The lowest BCUT2D eigenvalue weighted by atomic mass is 10.1. The van der Waals surface area contributed by atoms with E-state index in [0.717, 1.165) is 21.8 Å². The molecule has 1 rings (SSSR count). The highest BCUT2D eigenvalue weighted by Gasteiger charge is 2.04. The van der Waals surface area contributed by atoms with Gasteiger partial charge in [0, 0.05) is 0 Å². The highest BCUT2D eigenvalue weighted by atomic mass is 79.9. The van der Waals surface area contributed by atoms with E-state index in [1.807, 2.05) is 12.1 Å². The van der Waals surface area contributed by atoms with Crippen LogP contribution in [-0.4, -0.2) is 5.11 Å². The maximum Gasteiger partial charge on any atom is 0.143 e. The van der Waals surface area contributed by atoms with Gasteiger partial charge >= 0.3 is 0 Å². The Morgan fingerprint density at radius 1 is 1.25 bits per heavy atom. The number of phenolic OH excluding ortho intramolecular Hbond substituents is 1. The Labute approximate surface area is 89.1 Å². The van der Waals surface area contributed by atoms with Crippen LogP contribution in [0.2, 0.25) is 0 Å². The summed E-state index contributed by atoms with van der Waals surface area (Å²) < 4.78 is 1.50. The van der Waals surface area contributed by atoms with Crippen molar-refractivity contribution in [3.05, 3.63) is 26.6 Å². The highest BCUT2D eigenvalue weighted by Crippen LogP contribution is 2.33. The van der Waals surface area contributed by atoms with Gasteiger partial charge in [0.15, 0.2) is 0 Å². The summed E-state index contributed by atoms with van der Waals surface area (Å²) in [5.74, 6) is 0.273. The van der Waals surface area contributed by atoms with Gasteiger partial charge < -0.3 is 5.11 Å². The van der Waals surface area contributed by atoms with Crippen molar-refractivity contribution in [2.45, 2.75) is 19.8 Å². The van der Waals surface area contributed by atoms with Gasteiger partial charge in [-0.15, -0.1) is 0 Å². The van der Waals surface area contributed by atoms with Gasteiger partial charge in [-0.1, -0.05) is 13.3 Å². The van der Waals surface area contributed by atoms with Crippen LogP contribution in [0.5, 0.6) is 5.75 Å². The minimum atomic E-state index is 0.273. The van der Waals surface area contributed by atoms with Crippen molar-refractivity contribution in [3.8, 4) is 5.75 Å². The number of benzene rings is 1. The molecule has 1 aromatic rings. The smallest absolute Gasteiger partial charge is 0.143 e. The predicted octanol–water partition coefficient (Wildman–Crippen LogP) is 3.87. The van der Waals surface area contributed by atoms with Gasteiger partial charge in [-0.3, -0.25) is 0 Å². The fourth-order valence-electron chi connectivity index (χ4n) is 1.05. The molecule has 0 aliphatic rings. The van der Waals surface area contributed by atoms with Crippen LogP contribution in [0, 0.1) is 0 Å². The summed E-state index contributed by atoms with van der Waals surface area (Å²) >= 11 is 6.57. The SMILES string of the molecule is CCCc1cc(Br)c(O)c(Br)c1. The Kier molecular flexibility index (Phi) is 3.59. The molecule has 1 nitrogen and oxygen atoms in total. The highest BCUT2D eigenvalue weighted by molar-refractivity contribution is 9.11. The number of phenols is 1. The molecule has 0 saturated heterocycles. The first-order valence-corrected chi connectivity index (χ1v) is 5.40. The van der Waals surface area contributed by atoms with Crippen LogP contribution < -0.4 is 0 Å². The largest absolute Gasteiger partial charge is 0.506 e. The minimum absolute atomic E-state index is 0.273. The van der Waals surface area contributed by atoms with Gasteiger partial charge in [-0.05, 0) is 56.0 Å². The third kappa shape index (κ3) is 2.23. The van der Waals surface area contributed by atoms with E-state index in [1.54, 1.807) is 0 Å². The van der Waals surface area contributed by atoms with Gasteiger partial charge in [0.1, 0.15) is 5.75 Å². The quantitative estimate of drug-likeness (QED) is 0.878. The van der Waals surface area contributed by atoms with Crippen LogP contribution in [-0.2, 0) is 6.42 Å². The zero-order valence-corrected chi connectivity index (χ0v) is 9.94. The van der Waals surface area contributed by atoms with Crippen LogP contribution in [0.25, 0.3) is 0 Å². The molecule has 0 saturated carbocycles. The number of aromatic hydroxyl groups is 1. The van der Waals surface area contributed by atoms with E-state index in [-0.39, 0.29) is 5.75 Å². The average molecular weight is 294 g/mol. The fourth-order valence-corrected chi connectivity index (χ4v) is 2.33. The molecular weight excluding hydrogens is 284 g/mol. The second kappa shape index (κ2) is 4.28. The van der Waals surface area contributed by atoms with Crippen LogP contribution >= 0.6 is 31.9 Å². The Balaban J connectivity index is 3.04. The van der Waals surface area contributed by atoms with Crippen molar-refractivity contribution < 1.29 is 5.11 Å². The number of hydrogen-bond donors (Lipinski definition) is 1.